The van der Waals surface area contributed by atoms with E-state index >= 15 is 0 Å². The fourth-order valence-electron chi connectivity index (χ4n) is 2.44. The number of carbonyl (C=O) groups is 1. The van der Waals surface area contributed by atoms with Crippen LogP contribution in [0.1, 0.15) is 20.3 Å². The van der Waals surface area contributed by atoms with Crippen LogP contribution in [0.15, 0.2) is 0 Å². The maximum absolute atomic E-state index is 12.4. The number of hydrogen-bond donors (Lipinski definition) is 0. The number of nitrogens with zero attached hydrogens (tertiary/aromatic N) is 1. The van der Waals surface area contributed by atoms with Gasteiger partial charge in [-0.1, -0.05) is 15.9 Å². The van der Waals surface area contributed by atoms with Crippen LogP contribution in [-0.2, 0) is 14.3 Å². The van der Waals surface area contributed by atoms with Crippen molar-refractivity contribution in [3.8, 4) is 0 Å². The van der Waals surface area contributed by atoms with Gasteiger partial charge in [-0.2, -0.15) is 0 Å². The predicted molar refractivity (Wildman–Crippen MR) is 68.2 cm³/mol. The van der Waals surface area contributed by atoms with Gasteiger partial charge in [0.2, 0.25) is 5.91 Å². The summed E-state index contributed by atoms with van der Waals surface area (Å²) in [4.78, 5) is 14.4. The number of rotatable bonds is 2. The number of halogens is 1. The Hall–Kier alpha value is -0.130. The molecule has 2 saturated heterocycles. The highest BCUT2D eigenvalue weighted by Gasteiger charge is 2.36. The second kappa shape index (κ2) is 5.67. The first-order valence-electron chi connectivity index (χ1n) is 6.21. The van der Waals surface area contributed by atoms with Crippen molar-refractivity contribution in [3.05, 3.63) is 0 Å². The van der Waals surface area contributed by atoms with E-state index in [1.54, 1.807) is 0 Å². The number of amides is 1. The van der Waals surface area contributed by atoms with E-state index in [9.17, 15) is 4.79 Å². The van der Waals surface area contributed by atoms with E-state index in [0.29, 0.717) is 19.8 Å². The van der Waals surface area contributed by atoms with Crippen LogP contribution in [0.25, 0.3) is 0 Å². The smallest absolute Gasteiger partial charge is 0.228 e. The molecule has 2 aliphatic rings. The zero-order chi connectivity index (χ0) is 12.4. The lowest BCUT2D eigenvalue weighted by Gasteiger charge is -2.38. The Morgan fingerprint density at radius 2 is 2.12 bits per heavy atom. The van der Waals surface area contributed by atoms with E-state index in [1.807, 2.05) is 18.7 Å². The summed E-state index contributed by atoms with van der Waals surface area (Å²) in [6.07, 6.45) is 1.18. The van der Waals surface area contributed by atoms with Crippen molar-refractivity contribution in [2.24, 2.45) is 5.92 Å². The summed E-state index contributed by atoms with van der Waals surface area (Å²) >= 11 is 3.41. The van der Waals surface area contributed by atoms with Gasteiger partial charge in [0.1, 0.15) is 0 Å². The summed E-state index contributed by atoms with van der Waals surface area (Å²) in [5, 5.41) is 0.779. The molecule has 5 heteroatoms. The molecular weight excluding hydrogens is 286 g/mol. The molecular formula is C12H20BrNO3. The lowest BCUT2D eigenvalue weighted by atomic mass is 10.0. The SMILES string of the molecule is CC1CC(C(=O)N2CC(CBr)OCC2C)CO1. The molecule has 17 heavy (non-hydrogen) atoms. The van der Waals surface area contributed by atoms with Crippen LogP contribution in [0.2, 0.25) is 0 Å². The Morgan fingerprint density at radius 1 is 1.35 bits per heavy atom. The molecule has 98 valence electrons. The van der Waals surface area contributed by atoms with Gasteiger partial charge in [-0.15, -0.1) is 0 Å². The normalized spacial score (nSPS) is 38.4. The highest BCUT2D eigenvalue weighted by atomic mass is 79.9. The molecule has 2 aliphatic heterocycles. The van der Waals surface area contributed by atoms with Gasteiger partial charge >= 0.3 is 0 Å². The number of alkyl halides is 1. The summed E-state index contributed by atoms with van der Waals surface area (Å²) < 4.78 is 11.1. The van der Waals surface area contributed by atoms with Crippen molar-refractivity contribution in [2.45, 2.75) is 38.5 Å². The third-order valence-corrected chi connectivity index (χ3v) is 4.23. The lowest BCUT2D eigenvalue weighted by molar-refractivity contribution is -0.147. The molecule has 0 aliphatic carbocycles. The van der Waals surface area contributed by atoms with Gasteiger partial charge in [-0.3, -0.25) is 4.79 Å². The molecule has 4 atom stereocenters. The molecule has 2 fully saturated rings. The van der Waals surface area contributed by atoms with Gasteiger partial charge in [0.25, 0.3) is 0 Å². The first-order chi connectivity index (χ1) is 8.11. The third-order valence-electron chi connectivity index (χ3n) is 3.51. The molecule has 0 saturated carbocycles. The van der Waals surface area contributed by atoms with Gasteiger partial charge in [-0.25, -0.2) is 0 Å². The van der Waals surface area contributed by atoms with Gasteiger partial charge in [0, 0.05) is 11.9 Å². The van der Waals surface area contributed by atoms with Gasteiger partial charge < -0.3 is 14.4 Å². The molecule has 0 N–H and O–H groups in total. The zero-order valence-electron chi connectivity index (χ0n) is 10.4. The first kappa shape index (κ1) is 13.3. The van der Waals surface area contributed by atoms with Crippen LogP contribution in [0.5, 0.6) is 0 Å². The average Bonchev–Trinajstić information content (AvgIpc) is 2.76. The van der Waals surface area contributed by atoms with E-state index in [0.717, 1.165) is 11.8 Å². The summed E-state index contributed by atoms with van der Waals surface area (Å²) in [5.74, 6) is 0.276. The average molecular weight is 306 g/mol. The van der Waals surface area contributed by atoms with Crippen LogP contribution < -0.4 is 0 Å². The van der Waals surface area contributed by atoms with E-state index < -0.39 is 0 Å². The summed E-state index contributed by atoms with van der Waals surface area (Å²) in [6, 6.07) is 0.175. The van der Waals surface area contributed by atoms with E-state index in [-0.39, 0.29) is 30.1 Å². The molecule has 0 aromatic heterocycles. The van der Waals surface area contributed by atoms with Gasteiger partial charge in [-0.05, 0) is 20.3 Å². The first-order valence-corrected chi connectivity index (χ1v) is 7.33. The highest BCUT2D eigenvalue weighted by Crippen LogP contribution is 2.24. The van der Waals surface area contributed by atoms with Crippen LogP contribution in [-0.4, -0.2) is 54.1 Å². The van der Waals surface area contributed by atoms with E-state index in [1.165, 1.54) is 0 Å². The summed E-state index contributed by atoms with van der Waals surface area (Å²) in [5.41, 5.74) is 0. The summed E-state index contributed by atoms with van der Waals surface area (Å²) in [6.45, 7) is 5.96. The number of carbonyl (C=O) groups excluding carboxylic acids is 1. The van der Waals surface area contributed by atoms with Gasteiger partial charge in [0.05, 0.1) is 37.4 Å². The largest absolute Gasteiger partial charge is 0.378 e. The topological polar surface area (TPSA) is 38.8 Å². The fourth-order valence-corrected chi connectivity index (χ4v) is 2.83. The fraction of sp³-hybridized carbons (Fsp3) is 0.917. The van der Waals surface area contributed by atoms with Crippen LogP contribution in [0.4, 0.5) is 0 Å². The summed E-state index contributed by atoms with van der Waals surface area (Å²) in [7, 11) is 0. The van der Waals surface area contributed by atoms with Crippen molar-refractivity contribution in [1.82, 2.24) is 4.90 Å². The minimum Gasteiger partial charge on any atom is -0.378 e. The molecule has 0 aromatic rings. The Balaban J connectivity index is 1.97. The molecule has 2 rings (SSSR count). The molecule has 4 unspecified atom stereocenters. The van der Waals surface area contributed by atoms with Gasteiger partial charge in [0.15, 0.2) is 0 Å². The zero-order valence-corrected chi connectivity index (χ0v) is 12.0. The molecule has 0 bridgehead atoms. The Morgan fingerprint density at radius 3 is 2.71 bits per heavy atom. The van der Waals surface area contributed by atoms with Crippen molar-refractivity contribution < 1.29 is 14.3 Å². The number of hydrogen-bond acceptors (Lipinski definition) is 3. The monoisotopic (exact) mass is 305 g/mol. The standard InChI is InChI=1S/C12H20BrNO3/c1-8-6-17-11(4-13)5-14(8)12(15)10-3-9(2)16-7-10/h8-11H,3-7H2,1-2H3. The maximum Gasteiger partial charge on any atom is 0.228 e. The second-order valence-corrected chi connectivity index (χ2v) is 5.67. The number of ether oxygens (including phenoxy) is 2. The van der Waals surface area contributed by atoms with E-state index in [2.05, 4.69) is 15.9 Å². The van der Waals surface area contributed by atoms with Crippen molar-refractivity contribution in [1.29, 1.82) is 0 Å². The molecule has 1 amide bonds. The van der Waals surface area contributed by atoms with E-state index in [4.69, 9.17) is 9.47 Å². The molecule has 0 radical (unpaired) electrons. The minimum atomic E-state index is 0.0431. The van der Waals surface area contributed by atoms with Crippen molar-refractivity contribution in [3.63, 3.8) is 0 Å². The highest BCUT2D eigenvalue weighted by molar-refractivity contribution is 9.09. The molecule has 0 aromatic carbocycles. The quantitative estimate of drug-likeness (QED) is 0.724. The minimum absolute atomic E-state index is 0.0431. The van der Waals surface area contributed by atoms with Crippen LogP contribution >= 0.6 is 15.9 Å². The lowest BCUT2D eigenvalue weighted by Crippen LogP contribution is -2.53. The Labute approximate surface area is 111 Å². The van der Waals surface area contributed by atoms with Crippen LogP contribution in [0.3, 0.4) is 0 Å². The van der Waals surface area contributed by atoms with Crippen molar-refractivity contribution >= 4 is 21.8 Å². The number of morpholine rings is 1. The third kappa shape index (κ3) is 3.01. The van der Waals surface area contributed by atoms with Crippen LogP contribution in [0, 0.1) is 5.92 Å². The molecule has 2 heterocycles. The maximum atomic E-state index is 12.4. The van der Waals surface area contributed by atoms with Crippen molar-refractivity contribution in [2.75, 3.05) is 25.1 Å². The Kier molecular flexibility index (Phi) is 4.44. The molecule has 0 spiro atoms. The Bertz CT molecular complexity index is 287. The second-order valence-electron chi connectivity index (χ2n) is 5.03. The predicted octanol–water partition coefficient (Wildman–Crippen LogP) is 1.42. The molecule has 4 nitrogen and oxygen atoms in total.